The maximum Gasteiger partial charge on any atom is 0.231 e. The van der Waals surface area contributed by atoms with Crippen molar-refractivity contribution >= 4 is 28.4 Å². The second kappa shape index (κ2) is 6.26. The number of carbonyl (C=O) groups is 2. The van der Waals surface area contributed by atoms with Gasteiger partial charge in [-0.05, 0) is 24.3 Å². The summed E-state index contributed by atoms with van der Waals surface area (Å²) in [7, 11) is 0. The molecule has 0 spiro atoms. The summed E-state index contributed by atoms with van der Waals surface area (Å²) in [5.41, 5.74) is 1.61. The van der Waals surface area contributed by atoms with Gasteiger partial charge in [0.15, 0.2) is 0 Å². The van der Waals surface area contributed by atoms with E-state index in [0.29, 0.717) is 0 Å². The minimum atomic E-state index is -0.156. The summed E-state index contributed by atoms with van der Waals surface area (Å²) in [4.78, 5) is 24.1. The number of benzene rings is 2. The molecule has 3 aromatic rings. The predicted molar refractivity (Wildman–Crippen MR) is 86.9 cm³/mol. The third-order valence-corrected chi connectivity index (χ3v) is 3.49. The van der Waals surface area contributed by atoms with E-state index in [9.17, 15) is 9.59 Å². The average Bonchev–Trinajstić information content (AvgIpc) is 2.98. The molecule has 2 aromatic carbocycles. The fourth-order valence-corrected chi connectivity index (χ4v) is 2.39. The third kappa shape index (κ3) is 3.06. The Hall–Kier alpha value is -2.88. The molecular formula is C18H16N2O2. The van der Waals surface area contributed by atoms with Gasteiger partial charge in [0.2, 0.25) is 11.8 Å². The number of aromatic nitrogens is 1. The van der Waals surface area contributed by atoms with E-state index in [1.165, 1.54) is 0 Å². The first-order chi connectivity index (χ1) is 10.7. The van der Waals surface area contributed by atoms with Crippen LogP contribution in [0.4, 0.5) is 5.69 Å². The maximum atomic E-state index is 12.3. The van der Waals surface area contributed by atoms with Crippen molar-refractivity contribution in [2.75, 3.05) is 5.32 Å². The molecule has 0 aliphatic rings. The molecule has 0 aliphatic carbocycles. The van der Waals surface area contributed by atoms with E-state index in [-0.39, 0.29) is 24.7 Å². The van der Waals surface area contributed by atoms with Crippen LogP contribution in [0.5, 0.6) is 0 Å². The number of nitrogens with zero attached hydrogens (tertiary/aromatic N) is 1. The lowest BCUT2D eigenvalue weighted by molar-refractivity contribution is -0.116. The van der Waals surface area contributed by atoms with E-state index in [4.69, 9.17) is 0 Å². The van der Waals surface area contributed by atoms with Crippen LogP contribution < -0.4 is 5.32 Å². The van der Waals surface area contributed by atoms with Crippen molar-refractivity contribution < 1.29 is 9.59 Å². The highest BCUT2D eigenvalue weighted by molar-refractivity contribution is 5.96. The zero-order valence-corrected chi connectivity index (χ0v) is 12.0. The number of amides is 1. The van der Waals surface area contributed by atoms with Crippen LogP contribution in [0.25, 0.3) is 10.9 Å². The molecule has 1 aromatic heterocycles. The third-order valence-electron chi connectivity index (χ3n) is 3.49. The average molecular weight is 292 g/mol. The van der Waals surface area contributed by atoms with Gasteiger partial charge in [-0.15, -0.1) is 0 Å². The Morgan fingerprint density at radius 1 is 0.864 bits per heavy atom. The van der Waals surface area contributed by atoms with Gasteiger partial charge in [-0.25, -0.2) is 0 Å². The SMILES string of the molecule is O=C(CCC(=O)n1ccc2ccccc21)Nc1ccccc1. The number of carbonyl (C=O) groups excluding carboxylic acids is 2. The fourth-order valence-electron chi connectivity index (χ4n) is 2.39. The number of nitrogens with one attached hydrogen (secondary N) is 1. The minimum Gasteiger partial charge on any atom is -0.326 e. The van der Waals surface area contributed by atoms with Gasteiger partial charge in [-0.3, -0.25) is 14.2 Å². The second-order valence-electron chi connectivity index (χ2n) is 5.05. The zero-order chi connectivity index (χ0) is 15.4. The van der Waals surface area contributed by atoms with Crippen LogP contribution in [-0.4, -0.2) is 16.4 Å². The molecule has 0 aliphatic heterocycles. The number of fused-ring (bicyclic) bond motifs is 1. The van der Waals surface area contributed by atoms with Crippen LogP contribution in [-0.2, 0) is 4.79 Å². The number of hydrogen-bond acceptors (Lipinski definition) is 2. The van der Waals surface area contributed by atoms with Crippen molar-refractivity contribution in [3.05, 3.63) is 66.9 Å². The molecule has 0 radical (unpaired) electrons. The van der Waals surface area contributed by atoms with Crippen LogP contribution in [0.15, 0.2) is 66.9 Å². The summed E-state index contributed by atoms with van der Waals surface area (Å²) in [6.45, 7) is 0. The molecule has 0 saturated carbocycles. The van der Waals surface area contributed by atoms with Crippen molar-refractivity contribution in [1.82, 2.24) is 4.57 Å². The van der Waals surface area contributed by atoms with Gasteiger partial charge in [-0.1, -0.05) is 36.4 Å². The van der Waals surface area contributed by atoms with Gasteiger partial charge in [0.05, 0.1) is 5.52 Å². The molecule has 1 heterocycles. The standard InChI is InChI=1S/C18H16N2O2/c21-17(19-15-7-2-1-3-8-15)10-11-18(22)20-13-12-14-6-4-5-9-16(14)20/h1-9,12-13H,10-11H2,(H,19,21). The lowest BCUT2D eigenvalue weighted by atomic mass is 10.2. The summed E-state index contributed by atoms with van der Waals surface area (Å²) in [6.07, 6.45) is 2.10. The molecule has 0 atom stereocenters. The van der Waals surface area contributed by atoms with E-state index in [2.05, 4.69) is 5.32 Å². The normalized spacial score (nSPS) is 10.5. The van der Waals surface area contributed by atoms with Gasteiger partial charge < -0.3 is 5.32 Å². The highest BCUT2D eigenvalue weighted by Gasteiger charge is 2.11. The van der Waals surface area contributed by atoms with Crippen molar-refractivity contribution in [1.29, 1.82) is 0 Å². The molecule has 0 bridgehead atoms. The van der Waals surface area contributed by atoms with Crippen LogP contribution in [0.3, 0.4) is 0 Å². The van der Waals surface area contributed by atoms with Crippen LogP contribution in [0, 0.1) is 0 Å². The molecule has 110 valence electrons. The molecule has 4 heteroatoms. The largest absolute Gasteiger partial charge is 0.326 e. The highest BCUT2D eigenvalue weighted by atomic mass is 16.2. The number of anilines is 1. The van der Waals surface area contributed by atoms with E-state index in [1.54, 1.807) is 10.8 Å². The predicted octanol–water partition coefficient (Wildman–Crippen LogP) is 3.70. The summed E-state index contributed by atoms with van der Waals surface area (Å²) in [5.74, 6) is -0.236. The molecule has 22 heavy (non-hydrogen) atoms. The fraction of sp³-hybridized carbons (Fsp3) is 0.111. The van der Waals surface area contributed by atoms with Crippen molar-refractivity contribution in [3.8, 4) is 0 Å². The van der Waals surface area contributed by atoms with Gasteiger partial charge in [0, 0.05) is 30.1 Å². The topological polar surface area (TPSA) is 51.1 Å². The Bertz CT molecular complexity index is 806. The van der Waals surface area contributed by atoms with Crippen molar-refractivity contribution in [2.24, 2.45) is 0 Å². The molecule has 1 amide bonds. The van der Waals surface area contributed by atoms with Crippen LogP contribution in [0.2, 0.25) is 0 Å². The molecule has 0 fully saturated rings. The highest BCUT2D eigenvalue weighted by Crippen LogP contribution is 2.16. The smallest absolute Gasteiger partial charge is 0.231 e. The Labute approximate surface area is 128 Å². The molecular weight excluding hydrogens is 276 g/mol. The molecule has 4 nitrogen and oxygen atoms in total. The number of hydrogen-bond donors (Lipinski definition) is 1. The first-order valence-electron chi connectivity index (χ1n) is 7.18. The quantitative estimate of drug-likeness (QED) is 0.797. The Kier molecular flexibility index (Phi) is 4.01. The minimum absolute atomic E-state index is 0.0792. The summed E-state index contributed by atoms with van der Waals surface area (Å²) < 4.78 is 1.60. The van der Waals surface area contributed by atoms with Gasteiger partial charge in [0.1, 0.15) is 0 Å². The van der Waals surface area contributed by atoms with E-state index < -0.39 is 0 Å². The van der Waals surface area contributed by atoms with E-state index in [1.807, 2.05) is 60.7 Å². The van der Waals surface area contributed by atoms with Crippen LogP contribution >= 0.6 is 0 Å². The first-order valence-corrected chi connectivity index (χ1v) is 7.18. The molecule has 1 N–H and O–H groups in total. The Balaban J connectivity index is 1.61. The number of rotatable bonds is 4. The second-order valence-corrected chi connectivity index (χ2v) is 5.05. The summed E-state index contributed by atoms with van der Waals surface area (Å²) in [6, 6.07) is 18.8. The van der Waals surface area contributed by atoms with Crippen molar-refractivity contribution in [3.63, 3.8) is 0 Å². The van der Waals surface area contributed by atoms with E-state index in [0.717, 1.165) is 16.6 Å². The lowest BCUT2D eigenvalue weighted by Crippen LogP contribution is -2.16. The molecule has 0 saturated heterocycles. The zero-order valence-electron chi connectivity index (χ0n) is 12.0. The van der Waals surface area contributed by atoms with E-state index >= 15 is 0 Å². The Morgan fingerprint density at radius 2 is 1.59 bits per heavy atom. The lowest BCUT2D eigenvalue weighted by Gasteiger charge is -2.06. The summed E-state index contributed by atoms with van der Waals surface area (Å²) >= 11 is 0. The monoisotopic (exact) mass is 292 g/mol. The molecule has 0 unspecified atom stereocenters. The number of para-hydroxylation sites is 2. The Morgan fingerprint density at radius 3 is 2.41 bits per heavy atom. The maximum absolute atomic E-state index is 12.3. The first kappa shape index (κ1) is 14.1. The van der Waals surface area contributed by atoms with Crippen LogP contribution in [0.1, 0.15) is 17.6 Å². The van der Waals surface area contributed by atoms with Gasteiger partial charge in [0.25, 0.3) is 0 Å². The molecule has 3 rings (SSSR count). The summed E-state index contributed by atoms with van der Waals surface area (Å²) in [5, 5.41) is 3.80. The van der Waals surface area contributed by atoms with Gasteiger partial charge >= 0.3 is 0 Å². The van der Waals surface area contributed by atoms with Crippen molar-refractivity contribution in [2.45, 2.75) is 12.8 Å². The van der Waals surface area contributed by atoms with Gasteiger partial charge in [-0.2, -0.15) is 0 Å².